The monoisotopic (exact) mass is 363 g/mol. The first-order valence-electron chi connectivity index (χ1n) is 8.93. The average molecular weight is 363 g/mol. The first-order valence-corrected chi connectivity index (χ1v) is 8.93. The minimum Gasteiger partial charge on any atom is -0.377 e. The molecule has 27 heavy (non-hydrogen) atoms. The van der Waals surface area contributed by atoms with Crippen LogP contribution in [0.2, 0.25) is 0 Å². The van der Waals surface area contributed by atoms with E-state index in [2.05, 4.69) is 9.97 Å². The third-order valence-corrected chi connectivity index (χ3v) is 4.85. The number of nitrogens with zero attached hydrogens (tertiary/aromatic N) is 5. The Hall–Kier alpha value is -3.06. The zero-order chi connectivity index (χ0) is 18.8. The molecule has 7 nitrogen and oxygen atoms in total. The van der Waals surface area contributed by atoms with Crippen LogP contribution in [0.15, 0.2) is 48.9 Å². The fourth-order valence-corrected chi connectivity index (χ4v) is 3.60. The van der Waals surface area contributed by atoms with Crippen molar-refractivity contribution in [1.29, 1.82) is 0 Å². The van der Waals surface area contributed by atoms with Crippen LogP contribution in [0, 0.1) is 13.8 Å². The molecule has 3 heterocycles. The summed E-state index contributed by atoms with van der Waals surface area (Å²) in [6.07, 6.45) is 4.60. The summed E-state index contributed by atoms with van der Waals surface area (Å²) in [6.45, 7) is 5.46. The van der Waals surface area contributed by atoms with Crippen molar-refractivity contribution in [3.05, 3.63) is 71.6 Å². The molecule has 0 bridgehead atoms. The number of carbonyl (C=O) groups is 1. The van der Waals surface area contributed by atoms with Crippen LogP contribution >= 0.6 is 0 Å². The van der Waals surface area contributed by atoms with Gasteiger partial charge in [-0.25, -0.2) is 9.67 Å². The SMILES string of the molecule is Cc1nn(-c2ccccc2)c(C)c1[C@@H]1COCCN1C(=O)c1cnccn1. The molecule has 1 fully saturated rings. The second-order valence-electron chi connectivity index (χ2n) is 6.51. The third-order valence-electron chi connectivity index (χ3n) is 4.85. The van der Waals surface area contributed by atoms with E-state index in [9.17, 15) is 4.79 Å². The normalized spacial score (nSPS) is 17.1. The van der Waals surface area contributed by atoms with Gasteiger partial charge in [0.1, 0.15) is 5.69 Å². The van der Waals surface area contributed by atoms with Gasteiger partial charge in [-0.05, 0) is 26.0 Å². The molecule has 7 heteroatoms. The number of aromatic nitrogens is 4. The van der Waals surface area contributed by atoms with Gasteiger partial charge in [0, 0.05) is 30.2 Å². The number of carbonyl (C=O) groups excluding carboxylic acids is 1. The molecule has 1 amide bonds. The molecule has 0 spiro atoms. The smallest absolute Gasteiger partial charge is 0.274 e. The fourth-order valence-electron chi connectivity index (χ4n) is 3.60. The molecule has 1 aliphatic heterocycles. The highest BCUT2D eigenvalue weighted by Gasteiger charge is 2.33. The van der Waals surface area contributed by atoms with E-state index >= 15 is 0 Å². The summed E-state index contributed by atoms with van der Waals surface area (Å²) in [7, 11) is 0. The van der Waals surface area contributed by atoms with Gasteiger partial charge in [-0.15, -0.1) is 0 Å². The molecule has 1 atom stereocenters. The van der Waals surface area contributed by atoms with Crippen molar-refractivity contribution < 1.29 is 9.53 Å². The van der Waals surface area contributed by atoms with Crippen molar-refractivity contribution in [3.63, 3.8) is 0 Å². The van der Waals surface area contributed by atoms with Gasteiger partial charge in [-0.2, -0.15) is 5.10 Å². The standard InChI is InChI=1S/C20H21N5O2/c1-14-19(15(2)25(23-14)16-6-4-3-5-7-16)18-13-27-11-10-24(18)20(26)17-12-21-8-9-22-17/h3-9,12,18H,10-11,13H2,1-2H3/t18-/m0/s1. The Kier molecular flexibility index (Phi) is 4.68. The Morgan fingerprint density at radius 2 is 2.00 bits per heavy atom. The molecule has 138 valence electrons. The summed E-state index contributed by atoms with van der Waals surface area (Å²) in [5, 5.41) is 4.72. The van der Waals surface area contributed by atoms with E-state index in [1.807, 2.05) is 53.8 Å². The van der Waals surface area contributed by atoms with Crippen LogP contribution in [0.4, 0.5) is 0 Å². The van der Waals surface area contributed by atoms with Gasteiger partial charge >= 0.3 is 0 Å². The van der Waals surface area contributed by atoms with Crippen LogP contribution in [-0.4, -0.2) is 50.3 Å². The lowest BCUT2D eigenvalue weighted by molar-refractivity contribution is -0.00337. The number of hydrogen-bond donors (Lipinski definition) is 0. The van der Waals surface area contributed by atoms with E-state index in [1.165, 1.54) is 12.4 Å². The maximum atomic E-state index is 13.0. The van der Waals surface area contributed by atoms with E-state index in [1.54, 1.807) is 6.20 Å². The van der Waals surface area contributed by atoms with Crippen LogP contribution in [0.3, 0.4) is 0 Å². The summed E-state index contributed by atoms with van der Waals surface area (Å²) in [4.78, 5) is 23.0. The lowest BCUT2D eigenvalue weighted by Crippen LogP contribution is -2.44. The molecule has 0 unspecified atom stereocenters. The molecule has 3 aromatic rings. The van der Waals surface area contributed by atoms with Gasteiger partial charge in [-0.3, -0.25) is 9.78 Å². The molecule has 0 saturated carbocycles. The van der Waals surface area contributed by atoms with Crippen molar-refractivity contribution in [2.75, 3.05) is 19.8 Å². The number of rotatable bonds is 3. The van der Waals surface area contributed by atoms with Crippen molar-refractivity contribution in [3.8, 4) is 5.69 Å². The predicted octanol–water partition coefficient (Wildman–Crippen LogP) is 2.49. The largest absolute Gasteiger partial charge is 0.377 e. The first-order chi connectivity index (χ1) is 13.2. The molecule has 0 N–H and O–H groups in total. The minimum absolute atomic E-state index is 0.136. The van der Waals surface area contributed by atoms with Crippen molar-refractivity contribution in [2.24, 2.45) is 0 Å². The van der Waals surface area contributed by atoms with Crippen LogP contribution in [0.1, 0.15) is 33.5 Å². The summed E-state index contributed by atoms with van der Waals surface area (Å²) in [5.74, 6) is -0.136. The van der Waals surface area contributed by atoms with Gasteiger partial charge < -0.3 is 9.64 Å². The maximum absolute atomic E-state index is 13.0. The lowest BCUT2D eigenvalue weighted by atomic mass is 10.0. The molecule has 2 aromatic heterocycles. The molecule has 0 aliphatic carbocycles. The highest BCUT2D eigenvalue weighted by molar-refractivity contribution is 5.92. The Bertz CT molecular complexity index is 940. The van der Waals surface area contributed by atoms with Crippen LogP contribution in [-0.2, 0) is 4.74 Å². The average Bonchev–Trinajstić information content (AvgIpc) is 3.03. The molecule has 4 rings (SSSR count). The number of benzene rings is 1. The highest BCUT2D eigenvalue weighted by atomic mass is 16.5. The first kappa shape index (κ1) is 17.4. The van der Waals surface area contributed by atoms with E-state index in [0.29, 0.717) is 25.5 Å². The summed E-state index contributed by atoms with van der Waals surface area (Å²) < 4.78 is 7.63. The summed E-state index contributed by atoms with van der Waals surface area (Å²) in [6, 6.07) is 9.78. The molecular weight excluding hydrogens is 342 g/mol. The molecule has 1 aliphatic rings. The third kappa shape index (κ3) is 3.21. The van der Waals surface area contributed by atoms with Gasteiger partial charge in [0.25, 0.3) is 5.91 Å². The minimum atomic E-state index is -0.203. The fraction of sp³-hybridized carbons (Fsp3) is 0.300. The number of aryl methyl sites for hydroxylation is 1. The summed E-state index contributed by atoms with van der Waals surface area (Å²) in [5.41, 5.74) is 4.26. The van der Waals surface area contributed by atoms with Crippen molar-refractivity contribution in [2.45, 2.75) is 19.9 Å². The summed E-state index contributed by atoms with van der Waals surface area (Å²) >= 11 is 0. The number of morpholine rings is 1. The number of amides is 1. The quantitative estimate of drug-likeness (QED) is 0.715. The van der Waals surface area contributed by atoms with Crippen LogP contribution < -0.4 is 0 Å². The van der Waals surface area contributed by atoms with E-state index in [4.69, 9.17) is 9.84 Å². The van der Waals surface area contributed by atoms with Crippen LogP contribution in [0.25, 0.3) is 5.69 Å². The topological polar surface area (TPSA) is 73.1 Å². The van der Waals surface area contributed by atoms with Crippen LogP contribution in [0.5, 0.6) is 0 Å². The molecular formula is C20H21N5O2. The number of hydrogen-bond acceptors (Lipinski definition) is 5. The molecule has 1 aromatic carbocycles. The number of para-hydroxylation sites is 1. The lowest BCUT2D eigenvalue weighted by Gasteiger charge is -2.35. The van der Waals surface area contributed by atoms with Gasteiger partial charge in [0.05, 0.1) is 36.8 Å². The highest BCUT2D eigenvalue weighted by Crippen LogP contribution is 2.31. The Balaban J connectivity index is 1.73. The van der Waals surface area contributed by atoms with Gasteiger partial charge in [-0.1, -0.05) is 18.2 Å². The molecule has 0 radical (unpaired) electrons. The van der Waals surface area contributed by atoms with E-state index in [0.717, 1.165) is 22.6 Å². The van der Waals surface area contributed by atoms with Crippen molar-refractivity contribution >= 4 is 5.91 Å². The second-order valence-corrected chi connectivity index (χ2v) is 6.51. The zero-order valence-corrected chi connectivity index (χ0v) is 15.4. The second kappa shape index (κ2) is 7.28. The van der Waals surface area contributed by atoms with Crippen molar-refractivity contribution in [1.82, 2.24) is 24.6 Å². The maximum Gasteiger partial charge on any atom is 0.274 e. The van der Waals surface area contributed by atoms with Gasteiger partial charge in [0.15, 0.2) is 0 Å². The Labute approximate surface area is 157 Å². The Morgan fingerprint density at radius 1 is 1.19 bits per heavy atom. The Morgan fingerprint density at radius 3 is 2.74 bits per heavy atom. The van der Waals surface area contributed by atoms with E-state index in [-0.39, 0.29) is 11.9 Å². The zero-order valence-electron chi connectivity index (χ0n) is 15.4. The molecule has 1 saturated heterocycles. The van der Waals surface area contributed by atoms with Gasteiger partial charge in [0.2, 0.25) is 0 Å². The number of ether oxygens (including phenoxy) is 1. The predicted molar refractivity (Wildman–Crippen MR) is 99.7 cm³/mol. The van der Waals surface area contributed by atoms with E-state index < -0.39 is 0 Å².